The summed E-state index contributed by atoms with van der Waals surface area (Å²) in [7, 11) is -3.01. The number of carbonyl (C=O) groups is 1. The molecule has 0 spiro atoms. The van der Waals surface area contributed by atoms with E-state index in [0.717, 1.165) is 0 Å². The molecule has 7 nitrogen and oxygen atoms in total. The number of anilines is 2. The average Bonchev–Trinajstić information content (AvgIpc) is 2.95. The zero-order chi connectivity index (χ0) is 18.7. The van der Waals surface area contributed by atoms with Crippen LogP contribution < -0.4 is 10.2 Å². The van der Waals surface area contributed by atoms with Crippen molar-refractivity contribution in [1.82, 2.24) is 9.97 Å². The molecule has 26 heavy (non-hydrogen) atoms. The third kappa shape index (κ3) is 4.31. The number of halogens is 1. The fourth-order valence-electron chi connectivity index (χ4n) is 3.02. The molecule has 1 amide bonds. The van der Waals surface area contributed by atoms with E-state index in [4.69, 9.17) is 11.6 Å². The van der Waals surface area contributed by atoms with Gasteiger partial charge in [0, 0.05) is 29.4 Å². The molecule has 0 saturated carbocycles. The van der Waals surface area contributed by atoms with Crippen molar-refractivity contribution in [2.75, 3.05) is 28.3 Å². The predicted molar refractivity (Wildman–Crippen MR) is 102 cm³/mol. The van der Waals surface area contributed by atoms with Crippen molar-refractivity contribution in [3.05, 3.63) is 47.4 Å². The first-order valence-corrected chi connectivity index (χ1v) is 10.4. The van der Waals surface area contributed by atoms with Gasteiger partial charge in [0.25, 0.3) is 5.91 Å². The molecule has 1 saturated heterocycles. The third-order valence-corrected chi connectivity index (χ3v) is 6.24. The van der Waals surface area contributed by atoms with Crippen LogP contribution in [0.25, 0.3) is 0 Å². The lowest BCUT2D eigenvalue weighted by Crippen LogP contribution is -2.37. The van der Waals surface area contributed by atoms with E-state index in [1.807, 2.05) is 11.8 Å². The number of nitrogens with one attached hydrogen (secondary N) is 1. The zero-order valence-corrected chi connectivity index (χ0v) is 15.8. The first kappa shape index (κ1) is 18.6. The van der Waals surface area contributed by atoms with Gasteiger partial charge in [0.05, 0.1) is 11.5 Å². The summed E-state index contributed by atoms with van der Waals surface area (Å²) in [6, 6.07) is 8.27. The number of nitrogens with zero attached hydrogens (tertiary/aromatic N) is 3. The SMILES string of the molecule is CCN(c1cc(C(=O)Nc2cccc(Cl)c2)ncn1)C1CCS(=O)(=O)C1. The Morgan fingerprint density at radius 3 is 2.81 bits per heavy atom. The standard InChI is InChI=1S/C17H19ClN4O3S/c1-2-22(14-6-7-26(24,25)10-14)16-9-15(19-11-20-16)17(23)21-13-5-3-4-12(18)8-13/h3-5,8-9,11,14H,2,6-7,10H2,1H3,(H,21,23). The molecule has 1 aliphatic heterocycles. The number of rotatable bonds is 5. The molecule has 1 unspecified atom stereocenters. The van der Waals surface area contributed by atoms with Crippen LogP contribution in [0.15, 0.2) is 36.7 Å². The van der Waals surface area contributed by atoms with Crippen molar-refractivity contribution in [2.45, 2.75) is 19.4 Å². The lowest BCUT2D eigenvalue weighted by atomic mass is 10.2. The molecule has 1 fully saturated rings. The van der Waals surface area contributed by atoms with Crippen LogP contribution in [0.2, 0.25) is 5.02 Å². The van der Waals surface area contributed by atoms with E-state index >= 15 is 0 Å². The Labute approximate surface area is 157 Å². The van der Waals surface area contributed by atoms with Gasteiger partial charge in [-0.05, 0) is 31.5 Å². The minimum Gasteiger partial charge on any atom is -0.353 e. The molecule has 2 heterocycles. The Balaban J connectivity index is 1.79. The quantitative estimate of drug-likeness (QED) is 0.837. The van der Waals surface area contributed by atoms with E-state index in [1.165, 1.54) is 6.33 Å². The summed E-state index contributed by atoms with van der Waals surface area (Å²) in [6.07, 6.45) is 1.87. The molecule has 0 radical (unpaired) electrons. The predicted octanol–water partition coefficient (Wildman–Crippen LogP) is 2.40. The second-order valence-corrected chi connectivity index (χ2v) is 8.73. The van der Waals surface area contributed by atoms with E-state index in [2.05, 4.69) is 15.3 Å². The lowest BCUT2D eigenvalue weighted by Gasteiger charge is -2.27. The Kier molecular flexibility index (Phi) is 5.43. The van der Waals surface area contributed by atoms with Crippen molar-refractivity contribution in [1.29, 1.82) is 0 Å². The monoisotopic (exact) mass is 394 g/mol. The number of hydrogen-bond acceptors (Lipinski definition) is 6. The van der Waals surface area contributed by atoms with Gasteiger partial charge in [-0.25, -0.2) is 18.4 Å². The largest absolute Gasteiger partial charge is 0.353 e. The van der Waals surface area contributed by atoms with Crippen LogP contribution >= 0.6 is 11.6 Å². The molecule has 3 rings (SSSR count). The van der Waals surface area contributed by atoms with Gasteiger partial charge in [-0.3, -0.25) is 4.79 Å². The lowest BCUT2D eigenvalue weighted by molar-refractivity contribution is 0.102. The highest BCUT2D eigenvalue weighted by molar-refractivity contribution is 7.91. The molecule has 1 N–H and O–H groups in total. The summed E-state index contributed by atoms with van der Waals surface area (Å²) in [6.45, 7) is 2.52. The maximum atomic E-state index is 12.5. The smallest absolute Gasteiger partial charge is 0.274 e. The number of amides is 1. The minimum absolute atomic E-state index is 0.106. The van der Waals surface area contributed by atoms with Crippen LogP contribution in [0.5, 0.6) is 0 Å². The van der Waals surface area contributed by atoms with Crippen LogP contribution in [0, 0.1) is 0 Å². The van der Waals surface area contributed by atoms with E-state index in [0.29, 0.717) is 29.5 Å². The third-order valence-electron chi connectivity index (χ3n) is 4.25. The highest BCUT2D eigenvalue weighted by Gasteiger charge is 2.32. The summed E-state index contributed by atoms with van der Waals surface area (Å²) in [4.78, 5) is 22.6. The normalized spacial score (nSPS) is 18.5. The van der Waals surface area contributed by atoms with Gasteiger partial charge in [-0.1, -0.05) is 17.7 Å². The molecule has 138 valence electrons. The molecule has 9 heteroatoms. The average molecular weight is 395 g/mol. The van der Waals surface area contributed by atoms with E-state index in [1.54, 1.807) is 30.3 Å². The highest BCUT2D eigenvalue weighted by Crippen LogP contribution is 2.23. The maximum absolute atomic E-state index is 12.5. The minimum atomic E-state index is -3.01. The second kappa shape index (κ2) is 7.59. The Morgan fingerprint density at radius 2 is 2.15 bits per heavy atom. The van der Waals surface area contributed by atoms with Gasteiger partial charge in [-0.2, -0.15) is 0 Å². The summed E-state index contributed by atoms with van der Waals surface area (Å²) in [5.74, 6) is 0.447. The Bertz CT molecular complexity index is 920. The number of benzene rings is 1. The van der Waals surface area contributed by atoms with Gasteiger partial charge >= 0.3 is 0 Å². The molecule has 0 aliphatic carbocycles. The van der Waals surface area contributed by atoms with Gasteiger partial charge < -0.3 is 10.2 Å². The van der Waals surface area contributed by atoms with Gasteiger partial charge in [-0.15, -0.1) is 0 Å². The van der Waals surface area contributed by atoms with Crippen LogP contribution in [-0.4, -0.2) is 48.4 Å². The maximum Gasteiger partial charge on any atom is 0.274 e. The molecule has 2 aromatic rings. The van der Waals surface area contributed by atoms with Crippen molar-refractivity contribution < 1.29 is 13.2 Å². The van der Waals surface area contributed by atoms with E-state index < -0.39 is 9.84 Å². The first-order chi connectivity index (χ1) is 12.4. The van der Waals surface area contributed by atoms with Crippen molar-refractivity contribution >= 4 is 38.9 Å². The number of hydrogen-bond donors (Lipinski definition) is 1. The molecular formula is C17H19ClN4O3S. The zero-order valence-electron chi connectivity index (χ0n) is 14.2. The van der Waals surface area contributed by atoms with Crippen LogP contribution in [-0.2, 0) is 9.84 Å². The summed E-state index contributed by atoms with van der Waals surface area (Å²) in [5.41, 5.74) is 0.770. The van der Waals surface area contributed by atoms with Gasteiger partial charge in [0.15, 0.2) is 9.84 Å². The van der Waals surface area contributed by atoms with Crippen LogP contribution in [0.1, 0.15) is 23.8 Å². The van der Waals surface area contributed by atoms with Gasteiger partial charge in [0.1, 0.15) is 17.8 Å². The molecule has 1 aromatic heterocycles. The van der Waals surface area contributed by atoms with Crippen molar-refractivity contribution in [2.24, 2.45) is 0 Å². The van der Waals surface area contributed by atoms with Crippen molar-refractivity contribution in [3.63, 3.8) is 0 Å². The topological polar surface area (TPSA) is 92.3 Å². The van der Waals surface area contributed by atoms with Crippen LogP contribution in [0.3, 0.4) is 0 Å². The number of carbonyl (C=O) groups excluding carboxylic acids is 1. The molecule has 1 atom stereocenters. The highest BCUT2D eigenvalue weighted by atomic mass is 35.5. The van der Waals surface area contributed by atoms with Crippen molar-refractivity contribution in [3.8, 4) is 0 Å². The summed E-state index contributed by atoms with van der Waals surface area (Å²) < 4.78 is 23.5. The van der Waals surface area contributed by atoms with Crippen LogP contribution in [0.4, 0.5) is 11.5 Å². The molecule has 1 aliphatic rings. The number of sulfone groups is 1. The van der Waals surface area contributed by atoms with E-state index in [-0.39, 0.29) is 29.1 Å². The Morgan fingerprint density at radius 1 is 1.35 bits per heavy atom. The Hall–Kier alpha value is -2.19. The summed E-state index contributed by atoms with van der Waals surface area (Å²) >= 11 is 5.92. The fourth-order valence-corrected chi connectivity index (χ4v) is 4.94. The summed E-state index contributed by atoms with van der Waals surface area (Å²) in [5, 5.41) is 3.26. The molecule has 1 aromatic carbocycles. The second-order valence-electron chi connectivity index (χ2n) is 6.07. The first-order valence-electron chi connectivity index (χ1n) is 8.24. The van der Waals surface area contributed by atoms with E-state index in [9.17, 15) is 13.2 Å². The molecular weight excluding hydrogens is 376 g/mol. The van der Waals surface area contributed by atoms with Gasteiger partial charge in [0.2, 0.25) is 0 Å². The fraction of sp³-hybridized carbons (Fsp3) is 0.353. The number of aromatic nitrogens is 2. The molecule has 0 bridgehead atoms.